The molecule has 2 aliphatic rings. The van der Waals surface area contributed by atoms with Gasteiger partial charge in [-0.1, -0.05) is 32.6 Å². The average Bonchev–Trinajstić information content (AvgIpc) is 3.38. The monoisotopic (exact) mass is 485 g/mol. The average molecular weight is 486 g/mol. The molecule has 180 valence electrons. The third kappa shape index (κ3) is 5.52. The van der Waals surface area contributed by atoms with Gasteiger partial charge in [0.1, 0.15) is 6.04 Å². The molecule has 32 heavy (non-hydrogen) atoms. The van der Waals surface area contributed by atoms with E-state index in [2.05, 4.69) is 6.92 Å². The quantitative estimate of drug-likeness (QED) is 0.473. The highest BCUT2D eigenvalue weighted by Crippen LogP contribution is 2.33. The number of hydrogen-bond donors (Lipinski definition) is 0. The van der Waals surface area contributed by atoms with Gasteiger partial charge in [0.05, 0.1) is 16.9 Å². The van der Waals surface area contributed by atoms with E-state index in [1.165, 1.54) is 7.05 Å². The molecule has 0 aliphatic carbocycles. The summed E-state index contributed by atoms with van der Waals surface area (Å²) < 4.78 is 50.6. The van der Waals surface area contributed by atoms with Crippen LogP contribution in [0, 0.1) is 0 Å². The summed E-state index contributed by atoms with van der Waals surface area (Å²) in [6, 6.07) is 4.50. The van der Waals surface area contributed by atoms with Crippen LogP contribution in [0.2, 0.25) is 0 Å². The molecule has 0 saturated carbocycles. The van der Waals surface area contributed by atoms with E-state index >= 15 is 0 Å². The van der Waals surface area contributed by atoms with Crippen molar-refractivity contribution in [3.63, 3.8) is 0 Å². The molecule has 2 heterocycles. The minimum atomic E-state index is -3.45. The molecule has 1 atom stereocenters. The van der Waals surface area contributed by atoms with Crippen molar-refractivity contribution in [2.45, 2.75) is 69.2 Å². The zero-order chi connectivity index (χ0) is 23.5. The molecular weight excluding hydrogens is 450 g/mol. The van der Waals surface area contributed by atoms with Crippen LogP contribution in [0.1, 0.15) is 57.4 Å². The fourth-order valence-corrected chi connectivity index (χ4v) is 6.52. The molecule has 1 aromatic carbocycles. The number of carbonyl (C=O) groups is 1. The number of sulfonamides is 1. The highest BCUT2D eigenvalue weighted by Gasteiger charge is 2.40. The molecule has 1 amide bonds. The summed E-state index contributed by atoms with van der Waals surface area (Å²) in [4.78, 5) is 15.3. The van der Waals surface area contributed by atoms with Crippen molar-refractivity contribution in [2.24, 2.45) is 0 Å². The van der Waals surface area contributed by atoms with Crippen LogP contribution in [0.5, 0.6) is 0 Å². The molecule has 0 bridgehead atoms. The summed E-state index contributed by atoms with van der Waals surface area (Å²) in [5.41, 5.74) is 1.58. The fourth-order valence-electron chi connectivity index (χ4n) is 4.52. The number of carbonyl (C=O) groups excluding carboxylic acids is 1. The van der Waals surface area contributed by atoms with Crippen LogP contribution < -0.4 is 4.90 Å². The van der Waals surface area contributed by atoms with Crippen molar-refractivity contribution in [3.8, 4) is 0 Å². The van der Waals surface area contributed by atoms with Gasteiger partial charge in [-0.2, -0.15) is 0 Å². The van der Waals surface area contributed by atoms with Gasteiger partial charge in [-0.05, 0) is 49.4 Å². The van der Waals surface area contributed by atoms with Crippen LogP contribution in [0.25, 0.3) is 0 Å². The predicted molar refractivity (Wildman–Crippen MR) is 126 cm³/mol. The van der Waals surface area contributed by atoms with Gasteiger partial charge in [-0.25, -0.2) is 21.8 Å². The van der Waals surface area contributed by atoms with E-state index < -0.39 is 25.9 Å². The Hall–Kier alpha value is -1.49. The van der Waals surface area contributed by atoms with Crippen LogP contribution in [0.3, 0.4) is 0 Å². The zero-order valence-corrected chi connectivity index (χ0v) is 20.9. The minimum absolute atomic E-state index is 0.136. The smallest absolute Gasteiger partial charge is 0.245 e. The van der Waals surface area contributed by atoms with E-state index in [0.717, 1.165) is 54.0 Å². The second-order valence-electron chi connectivity index (χ2n) is 8.78. The lowest BCUT2D eigenvalue weighted by molar-refractivity contribution is -0.125. The first-order valence-corrected chi connectivity index (χ1v) is 14.9. The molecule has 3 rings (SSSR count). The number of unbranched alkanes of at least 4 members (excludes halogenated alkanes) is 4. The van der Waals surface area contributed by atoms with Gasteiger partial charge in [0.2, 0.25) is 15.9 Å². The first-order chi connectivity index (χ1) is 15.1. The molecule has 1 fully saturated rings. The Morgan fingerprint density at radius 3 is 2.50 bits per heavy atom. The first kappa shape index (κ1) is 25.1. The number of anilines is 1. The molecule has 1 aromatic rings. The number of hydrogen-bond acceptors (Lipinski definition) is 6. The highest BCUT2D eigenvalue weighted by molar-refractivity contribution is 7.91. The van der Waals surface area contributed by atoms with Crippen LogP contribution in [0.4, 0.5) is 5.69 Å². The molecule has 0 N–H and O–H groups in total. The van der Waals surface area contributed by atoms with Gasteiger partial charge < -0.3 is 4.90 Å². The maximum atomic E-state index is 13.3. The van der Waals surface area contributed by atoms with E-state index in [9.17, 15) is 21.6 Å². The lowest BCUT2D eigenvalue weighted by atomic mass is 10.1. The third-order valence-corrected chi connectivity index (χ3v) is 9.41. The summed E-state index contributed by atoms with van der Waals surface area (Å²) in [5.74, 6) is 0.00999. The van der Waals surface area contributed by atoms with Crippen molar-refractivity contribution >= 4 is 31.5 Å². The van der Waals surface area contributed by atoms with E-state index in [-0.39, 0.29) is 11.7 Å². The van der Waals surface area contributed by atoms with Crippen LogP contribution in [0.15, 0.2) is 23.1 Å². The second kappa shape index (κ2) is 10.2. The summed E-state index contributed by atoms with van der Waals surface area (Å²) in [6.07, 6.45) is 7.94. The number of rotatable bonds is 10. The Morgan fingerprint density at radius 2 is 1.81 bits per heavy atom. The molecular formula is C22H35N3O5S2. The summed E-state index contributed by atoms with van der Waals surface area (Å²) >= 11 is 0. The Kier molecular flexibility index (Phi) is 8.01. The predicted octanol–water partition coefficient (Wildman–Crippen LogP) is 2.59. The molecule has 8 nitrogen and oxygen atoms in total. The molecule has 0 spiro atoms. The number of amides is 1. The van der Waals surface area contributed by atoms with Crippen molar-refractivity contribution in [3.05, 3.63) is 23.8 Å². The summed E-state index contributed by atoms with van der Waals surface area (Å²) in [7, 11) is -5.32. The maximum Gasteiger partial charge on any atom is 0.245 e. The van der Waals surface area contributed by atoms with E-state index in [4.69, 9.17) is 0 Å². The van der Waals surface area contributed by atoms with Gasteiger partial charge in [0.15, 0.2) is 9.84 Å². The van der Waals surface area contributed by atoms with Crippen LogP contribution in [-0.2, 0) is 31.1 Å². The number of sulfone groups is 1. The Balaban J connectivity index is 1.72. The third-order valence-electron chi connectivity index (χ3n) is 6.44. The molecule has 1 unspecified atom stereocenters. The number of benzene rings is 1. The number of hydrazine groups is 1. The number of nitrogens with zero attached hydrogens (tertiary/aromatic N) is 3. The van der Waals surface area contributed by atoms with E-state index in [1.807, 2.05) is 0 Å². The highest BCUT2D eigenvalue weighted by atomic mass is 32.2. The zero-order valence-electron chi connectivity index (χ0n) is 19.3. The lowest BCUT2D eigenvalue weighted by Crippen LogP contribution is -2.52. The fraction of sp³-hybridized carbons (Fsp3) is 0.682. The largest absolute Gasteiger partial charge is 0.310 e. The topological polar surface area (TPSA) is 95.1 Å². The van der Waals surface area contributed by atoms with Gasteiger partial charge in [-0.15, -0.1) is 4.41 Å². The summed E-state index contributed by atoms with van der Waals surface area (Å²) in [5, 5.41) is 1.62. The first-order valence-electron chi connectivity index (χ1n) is 11.4. The van der Waals surface area contributed by atoms with Crippen molar-refractivity contribution in [2.75, 3.05) is 37.0 Å². The molecule has 0 radical (unpaired) electrons. The summed E-state index contributed by atoms with van der Waals surface area (Å²) in [6.45, 7) is 3.11. The molecule has 0 aromatic heterocycles. The molecule has 1 saturated heterocycles. The van der Waals surface area contributed by atoms with Crippen LogP contribution >= 0.6 is 0 Å². The SMILES string of the molecule is CCCCCCCS(=O)(=O)c1ccc2c(c1)CCN2C(=O)C1CCCN1N(C)S(C)(=O)=O. The van der Waals surface area contributed by atoms with Crippen molar-refractivity contribution in [1.29, 1.82) is 0 Å². The van der Waals surface area contributed by atoms with Gasteiger partial charge in [-0.3, -0.25) is 4.79 Å². The van der Waals surface area contributed by atoms with Crippen LogP contribution in [-0.4, -0.2) is 70.4 Å². The minimum Gasteiger partial charge on any atom is -0.310 e. The van der Waals surface area contributed by atoms with Gasteiger partial charge in [0, 0.05) is 25.8 Å². The molecule has 2 aliphatic heterocycles. The van der Waals surface area contributed by atoms with Crippen molar-refractivity contribution < 1.29 is 21.6 Å². The maximum absolute atomic E-state index is 13.3. The second-order valence-corrected chi connectivity index (χ2v) is 12.9. The van der Waals surface area contributed by atoms with Gasteiger partial charge >= 0.3 is 0 Å². The normalized spacial score (nSPS) is 19.6. The lowest BCUT2D eigenvalue weighted by Gasteiger charge is -2.33. The Labute approximate surface area is 192 Å². The standard InChI is InChI=1S/C22H35N3O5S2/c1-4-5-6-7-8-16-32(29,30)19-11-12-20-18(17-19)13-15-24(20)22(26)21-10-9-14-25(21)23(2)31(3,27)28/h11-12,17,21H,4-10,13-16H2,1-3H3. The van der Waals surface area contributed by atoms with E-state index in [1.54, 1.807) is 28.1 Å². The Bertz CT molecular complexity index is 1040. The number of fused-ring (bicyclic) bond motifs is 1. The van der Waals surface area contributed by atoms with Gasteiger partial charge in [0.25, 0.3) is 0 Å². The van der Waals surface area contributed by atoms with Crippen molar-refractivity contribution in [1.82, 2.24) is 9.42 Å². The Morgan fingerprint density at radius 1 is 1.09 bits per heavy atom. The molecule has 10 heteroatoms. The van der Waals surface area contributed by atoms with E-state index in [0.29, 0.717) is 37.2 Å².